The van der Waals surface area contributed by atoms with Gasteiger partial charge in [0.05, 0.1) is 11.4 Å². The number of nitrogens with two attached hydrogens (primary N) is 2. The second kappa shape index (κ2) is 5.79. The summed E-state index contributed by atoms with van der Waals surface area (Å²) >= 11 is 0. The molecule has 22 heavy (non-hydrogen) atoms. The highest BCUT2D eigenvalue weighted by molar-refractivity contribution is 5.59. The summed E-state index contributed by atoms with van der Waals surface area (Å²) < 4.78 is 0. The van der Waals surface area contributed by atoms with Crippen molar-refractivity contribution in [3.05, 3.63) is 47.5 Å². The first-order chi connectivity index (χ1) is 10.2. The van der Waals surface area contributed by atoms with Crippen LogP contribution in [0.2, 0.25) is 0 Å². The molecule has 0 aromatic heterocycles. The molecule has 0 spiro atoms. The standard InChI is InChI=1S/C18H24N2O2/c1-11(2)10-18(3,12-4-6-16(21)14(19)8-12)13-5-7-17(22)15(20)9-13/h4-9,11,21-22H,10,19-20H2,1-3H3. The summed E-state index contributed by atoms with van der Waals surface area (Å²) in [7, 11) is 0. The van der Waals surface area contributed by atoms with Crippen LogP contribution >= 0.6 is 0 Å². The van der Waals surface area contributed by atoms with Gasteiger partial charge in [-0.1, -0.05) is 32.9 Å². The molecule has 2 aromatic rings. The number of anilines is 2. The number of phenols is 2. The van der Waals surface area contributed by atoms with Gasteiger partial charge in [0.25, 0.3) is 0 Å². The predicted molar refractivity (Wildman–Crippen MR) is 90.9 cm³/mol. The molecule has 0 aliphatic heterocycles. The molecule has 0 radical (unpaired) electrons. The van der Waals surface area contributed by atoms with E-state index in [-0.39, 0.29) is 16.9 Å². The predicted octanol–water partition coefficient (Wildman–Crippen LogP) is 3.61. The zero-order chi connectivity index (χ0) is 16.5. The number of hydrogen-bond donors (Lipinski definition) is 4. The van der Waals surface area contributed by atoms with E-state index in [0.29, 0.717) is 17.3 Å². The first-order valence-electron chi connectivity index (χ1n) is 7.42. The number of rotatable bonds is 4. The van der Waals surface area contributed by atoms with E-state index >= 15 is 0 Å². The fourth-order valence-electron chi connectivity index (χ4n) is 3.01. The Bertz CT molecular complexity index is 629. The molecule has 6 N–H and O–H groups in total. The van der Waals surface area contributed by atoms with E-state index < -0.39 is 0 Å². The van der Waals surface area contributed by atoms with Crippen molar-refractivity contribution in [3.8, 4) is 11.5 Å². The molecule has 2 rings (SSSR count). The van der Waals surface area contributed by atoms with E-state index in [4.69, 9.17) is 11.5 Å². The van der Waals surface area contributed by atoms with Crippen molar-refractivity contribution in [1.29, 1.82) is 0 Å². The van der Waals surface area contributed by atoms with Gasteiger partial charge in [-0.25, -0.2) is 0 Å². The highest BCUT2D eigenvalue weighted by Gasteiger charge is 2.31. The van der Waals surface area contributed by atoms with E-state index in [0.717, 1.165) is 17.5 Å². The van der Waals surface area contributed by atoms with Crippen molar-refractivity contribution in [1.82, 2.24) is 0 Å². The Balaban J connectivity index is 2.60. The average Bonchev–Trinajstić information content (AvgIpc) is 2.43. The van der Waals surface area contributed by atoms with Gasteiger partial charge in [0.15, 0.2) is 0 Å². The number of benzene rings is 2. The van der Waals surface area contributed by atoms with Crippen LogP contribution in [0.3, 0.4) is 0 Å². The average molecular weight is 300 g/mol. The maximum atomic E-state index is 9.66. The minimum Gasteiger partial charge on any atom is -0.506 e. The Labute approximate surface area is 131 Å². The van der Waals surface area contributed by atoms with Gasteiger partial charge < -0.3 is 21.7 Å². The third-order valence-electron chi connectivity index (χ3n) is 4.15. The molecule has 0 aliphatic rings. The lowest BCUT2D eigenvalue weighted by Crippen LogP contribution is -2.26. The fraction of sp³-hybridized carbons (Fsp3) is 0.333. The Hall–Kier alpha value is -2.36. The lowest BCUT2D eigenvalue weighted by Gasteiger charge is -2.33. The second-order valence-corrected chi connectivity index (χ2v) is 6.48. The molecular formula is C18H24N2O2. The monoisotopic (exact) mass is 300 g/mol. The molecule has 0 aliphatic carbocycles. The van der Waals surface area contributed by atoms with Crippen molar-refractivity contribution in [3.63, 3.8) is 0 Å². The summed E-state index contributed by atoms with van der Waals surface area (Å²) in [5.41, 5.74) is 14.2. The zero-order valence-corrected chi connectivity index (χ0v) is 13.3. The van der Waals surface area contributed by atoms with Crippen LogP contribution in [0, 0.1) is 5.92 Å². The van der Waals surface area contributed by atoms with E-state index in [1.54, 1.807) is 24.3 Å². The van der Waals surface area contributed by atoms with E-state index in [1.165, 1.54) is 0 Å². The highest BCUT2D eigenvalue weighted by atomic mass is 16.3. The highest BCUT2D eigenvalue weighted by Crippen LogP contribution is 2.41. The molecule has 118 valence electrons. The van der Waals surface area contributed by atoms with Crippen molar-refractivity contribution < 1.29 is 10.2 Å². The molecule has 2 aromatic carbocycles. The Morgan fingerprint density at radius 2 is 1.32 bits per heavy atom. The largest absolute Gasteiger partial charge is 0.506 e. The number of phenolic OH excluding ortho intramolecular Hbond substituents is 2. The van der Waals surface area contributed by atoms with Gasteiger partial charge in [-0.05, 0) is 47.7 Å². The third kappa shape index (κ3) is 2.96. The minimum absolute atomic E-state index is 0.0841. The Morgan fingerprint density at radius 1 is 0.909 bits per heavy atom. The van der Waals surface area contributed by atoms with Gasteiger partial charge in [0.1, 0.15) is 11.5 Å². The van der Waals surface area contributed by atoms with Crippen LogP contribution in [-0.2, 0) is 5.41 Å². The summed E-state index contributed by atoms with van der Waals surface area (Å²) in [4.78, 5) is 0. The molecule has 0 unspecified atom stereocenters. The zero-order valence-electron chi connectivity index (χ0n) is 13.3. The lowest BCUT2D eigenvalue weighted by molar-refractivity contribution is 0.425. The van der Waals surface area contributed by atoms with Crippen LogP contribution in [0.5, 0.6) is 11.5 Å². The van der Waals surface area contributed by atoms with Gasteiger partial charge in [-0.3, -0.25) is 0 Å². The van der Waals surface area contributed by atoms with E-state index in [9.17, 15) is 10.2 Å². The molecule has 0 saturated carbocycles. The first-order valence-corrected chi connectivity index (χ1v) is 7.42. The maximum Gasteiger partial charge on any atom is 0.138 e. The molecule has 0 fully saturated rings. The van der Waals surface area contributed by atoms with Crippen LogP contribution in [-0.4, -0.2) is 10.2 Å². The molecule has 4 nitrogen and oxygen atoms in total. The number of aromatic hydroxyl groups is 2. The van der Waals surface area contributed by atoms with Gasteiger partial charge in [0.2, 0.25) is 0 Å². The maximum absolute atomic E-state index is 9.66. The normalized spacial score (nSPS) is 11.8. The van der Waals surface area contributed by atoms with Gasteiger partial charge in [-0.2, -0.15) is 0 Å². The Kier molecular flexibility index (Phi) is 4.22. The molecule has 0 saturated heterocycles. The molecule has 0 bridgehead atoms. The van der Waals surface area contributed by atoms with Crippen molar-refractivity contribution in [2.24, 2.45) is 5.92 Å². The van der Waals surface area contributed by atoms with Crippen LogP contribution in [0.15, 0.2) is 36.4 Å². The lowest BCUT2D eigenvalue weighted by atomic mass is 9.71. The first kappa shape index (κ1) is 16.0. The van der Waals surface area contributed by atoms with Gasteiger partial charge in [0, 0.05) is 5.41 Å². The molecule has 0 heterocycles. The van der Waals surface area contributed by atoms with Gasteiger partial charge >= 0.3 is 0 Å². The summed E-state index contributed by atoms with van der Waals surface area (Å²) in [5.74, 6) is 0.622. The molecule has 0 amide bonds. The van der Waals surface area contributed by atoms with Gasteiger partial charge in [-0.15, -0.1) is 0 Å². The quantitative estimate of drug-likeness (QED) is 0.512. The van der Waals surface area contributed by atoms with Crippen LogP contribution in [0.4, 0.5) is 11.4 Å². The number of nitrogen functional groups attached to an aromatic ring is 2. The summed E-state index contributed by atoms with van der Waals surface area (Å²) in [6.07, 6.45) is 0.890. The fourth-order valence-corrected chi connectivity index (χ4v) is 3.01. The minimum atomic E-state index is -0.308. The molecule has 0 atom stereocenters. The van der Waals surface area contributed by atoms with Crippen LogP contribution in [0.1, 0.15) is 38.3 Å². The summed E-state index contributed by atoms with van der Waals surface area (Å²) in [5, 5.41) is 19.3. The molecular weight excluding hydrogens is 276 g/mol. The summed E-state index contributed by atoms with van der Waals surface area (Å²) in [6, 6.07) is 10.6. The Morgan fingerprint density at radius 3 is 1.64 bits per heavy atom. The van der Waals surface area contributed by atoms with E-state index in [1.807, 2.05) is 12.1 Å². The van der Waals surface area contributed by atoms with Crippen molar-refractivity contribution >= 4 is 11.4 Å². The third-order valence-corrected chi connectivity index (χ3v) is 4.15. The SMILES string of the molecule is CC(C)CC(C)(c1ccc(O)c(N)c1)c1ccc(O)c(N)c1. The van der Waals surface area contributed by atoms with Crippen molar-refractivity contribution in [2.75, 3.05) is 11.5 Å². The topological polar surface area (TPSA) is 92.5 Å². The summed E-state index contributed by atoms with van der Waals surface area (Å²) in [6.45, 7) is 6.45. The smallest absolute Gasteiger partial charge is 0.138 e. The second-order valence-electron chi connectivity index (χ2n) is 6.48. The van der Waals surface area contributed by atoms with Crippen molar-refractivity contribution in [2.45, 2.75) is 32.6 Å². The number of hydrogen-bond acceptors (Lipinski definition) is 4. The van der Waals surface area contributed by atoms with Crippen LogP contribution < -0.4 is 11.5 Å². The molecule has 4 heteroatoms. The van der Waals surface area contributed by atoms with E-state index in [2.05, 4.69) is 20.8 Å². The van der Waals surface area contributed by atoms with Crippen LogP contribution in [0.25, 0.3) is 0 Å².